The summed E-state index contributed by atoms with van der Waals surface area (Å²) in [4.78, 5) is 0. The molecule has 0 saturated heterocycles. The van der Waals surface area contributed by atoms with Gasteiger partial charge in [0.1, 0.15) is 11.9 Å². The van der Waals surface area contributed by atoms with Gasteiger partial charge >= 0.3 is 0 Å². The summed E-state index contributed by atoms with van der Waals surface area (Å²) in [5.74, 6) is 0.727. The third-order valence-electron chi connectivity index (χ3n) is 1.98. The number of rotatable bonds is 4. The van der Waals surface area contributed by atoms with Gasteiger partial charge in [-0.1, -0.05) is 24.8 Å². The Morgan fingerprint density at radius 1 is 1.50 bits per heavy atom. The number of aliphatic hydroxyl groups excluding tert-OH is 1. The quantitative estimate of drug-likeness (QED) is 0.743. The van der Waals surface area contributed by atoms with E-state index in [1.54, 1.807) is 6.92 Å². The normalized spacial score (nSPS) is 12.2. The molecule has 2 heteroatoms. The highest BCUT2D eigenvalue weighted by Gasteiger charge is 2.12. The highest BCUT2D eigenvalue weighted by atomic mass is 16.5. The Bertz CT molecular complexity index is 318. The molecule has 14 heavy (non-hydrogen) atoms. The second kappa shape index (κ2) is 4.82. The van der Waals surface area contributed by atoms with E-state index in [9.17, 15) is 5.11 Å². The molecule has 1 atom stereocenters. The minimum absolute atomic E-state index is 0.597. The second-order valence-electron chi connectivity index (χ2n) is 3.22. The Hall–Kier alpha value is -1.28. The summed E-state index contributed by atoms with van der Waals surface area (Å²) >= 11 is 0. The van der Waals surface area contributed by atoms with Gasteiger partial charge in [-0.2, -0.15) is 0 Å². The summed E-state index contributed by atoms with van der Waals surface area (Å²) < 4.78 is 5.41. The lowest BCUT2D eigenvalue weighted by atomic mass is 10.0. The second-order valence-corrected chi connectivity index (χ2v) is 3.22. The first-order valence-electron chi connectivity index (χ1n) is 4.72. The van der Waals surface area contributed by atoms with Crippen molar-refractivity contribution < 1.29 is 9.84 Å². The van der Waals surface area contributed by atoms with Gasteiger partial charge in [0.25, 0.3) is 0 Å². The maximum atomic E-state index is 9.83. The van der Waals surface area contributed by atoms with Gasteiger partial charge in [0.2, 0.25) is 0 Å². The summed E-state index contributed by atoms with van der Waals surface area (Å²) in [6, 6.07) is 7.47. The minimum Gasteiger partial charge on any atom is -0.493 e. The van der Waals surface area contributed by atoms with Gasteiger partial charge < -0.3 is 9.84 Å². The topological polar surface area (TPSA) is 29.5 Å². The zero-order valence-corrected chi connectivity index (χ0v) is 8.66. The number of para-hydroxylation sites is 1. The van der Waals surface area contributed by atoms with Crippen LogP contribution in [0.3, 0.4) is 0 Å². The summed E-state index contributed by atoms with van der Waals surface area (Å²) in [6.45, 7) is 8.04. The fraction of sp³-hybridized carbons (Fsp3) is 0.333. The molecule has 2 nitrogen and oxygen atoms in total. The van der Waals surface area contributed by atoms with Crippen molar-refractivity contribution in [3.63, 3.8) is 0 Å². The molecule has 0 aliphatic rings. The monoisotopic (exact) mass is 192 g/mol. The molecule has 1 unspecified atom stereocenters. The van der Waals surface area contributed by atoms with Gasteiger partial charge in [-0.25, -0.2) is 0 Å². The average molecular weight is 192 g/mol. The number of ether oxygens (including phenoxy) is 1. The number of aliphatic hydroxyl groups is 1. The molecule has 0 amide bonds. The Labute approximate surface area is 84.8 Å². The van der Waals surface area contributed by atoms with Crippen molar-refractivity contribution in [2.24, 2.45) is 0 Å². The third-order valence-corrected chi connectivity index (χ3v) is 1.98. The van der Waals surface area contributed by atoms with Crippen LogP contribution in [0, 0.1) is 0 Å². The molecule has 1 aromatic carbocycles. The van der Waals surface area contributed by atoms with Gasteiger partial charge in [-0.3, -0.25) is 0 Å². The lowest BCUT2D eigenvalue weighted by molar-refractivity contribution is 0.208. The van der Waals surface area contributed by atoms with Gasteiger partial charge in [0, 0.05) is 5.56 Å². The van der Waals surface area contributed by atoms with Crippen LogP contribution in [-0.4, -0.2) is 11.7 Å². The Morgan fingerprint density at radius 3 is 2.71 bits per heavy atom. The molecule has 0 radical (unpaired) electrons. The van der Waals surface area contributed by atoms with Crippen LogP contribution >= 0.6 is 0 Å². The van der Waals surface area contributed by atoms with Crippen LogP contribution in [0.5, 0.6) is 5.75 Å². The molecular formula is C12H16O2. The molecule has 1 N–H and O–H groups in total. The van der Waals surface area contributed by atoms with Crippen molar-refractivity contribution in [2.75, 3.05) is 6.61 Å². The van der Waals surface area contributed by atoms with Crippen LogP contribution < -0.4 is 4.74 Å². The molecule has 1 rings (SSSR count). The first-order chi connectivity index (χ1) is 6.66. The van der Waals surface area contributed by atoms with E-state index in [0.717, 1.165) is 16.9 Å². The van der Waals surface area contributed by atoms with E-state index in [4.69, 9.17) is 4.74 Å². The smallest absolute Gasteiger partial charge is 0.125 e. The SMILES string of the molecule is C=C(C)C(O)c1ccccc1OCC. The van der Waals surface area contributed by atoms with Crippen molar-refractivity contribution in [1.82, 2.24) is 0 Å². The first-order valence-corrected chi connectivity index (χ1v) is 4.72. The maximum Gasteiger partial charge on any atom is 0.125 e. The predicted octanol–water partition coefficient (Wildman–Crippen LogP) is 2.69. The van der Waals surface area contributed by atoms with Crippen LogP contribution in [0.2, 0.25) is 0 Å². The molecule has 0 fully saturated rings. The van der Waals surface area contributed by atoms with E-state index in [2.05, 4.69) is 6.58 Å². The summed E-state index contributed by atoms with van der Waals surface area (Å²) in [5, 5.41) is 9.83. The van der Waals surface area contributed by atoms with Crippen LogP contribution in [-0.2, 0) is 0 Å². The molecule has 0 aliphatic carbocycles. The molecule has 0 bridgehead atoms. The fourth-order valence-corrected chi connectivity index (χ4v) is 1.26. The molecule has 1 aromatic rings. The van der Waals surface area contributed by atoms with E-state index >= 15 is 0 Å². The highest BCUT2D eigenvalue weighted by Crippen LogP contribution is 2.28. The number of hydrogen-bond donors (Lipinski definition) is 1. The van der Waals surface area contributed by atoms with Crippen molar-refractivity contribution in [1.29, 1.82) is 0 Å². The molecule has 76 valence electrons. The van der Waals surface area contributed by atoms with E-state index in [1.807, 2.05) is 31.2 Å². The van der Waals surface area contributed by atoms with Crippen LogP contribution in [0.25, 0.3) is 0 Å². The van der Waals surface area contributed by atoms with E-state index in [1.165, 1.54) is 0 Å². The Balaban J connectivity index is 3.00. The maximum absolute atomic E-state index is 9.83. The molecular weight excluding hydrogens is 176 g/mol. The van der Waals surface area contributed by atoms with Gasteiger partial charge in [-0.15, -0.1) is 0 Å². The third kappa shape index (κ3) is 2.36. The van der Waals surface area contributed by atoms with Gasteiger partial charge in [0.15, 0.2) is 0 Å². The lowest BCUT2D eigenvalue weighted by Crippen LogP contribution is -2.02. The lowest BCUT2D eigenvalue weighted by Gasteiger charge is -2.15. The van der Waals surface area contributed by atoms with E-state index in [-0.39, 0.29) is 0 Å². The highest BCUT2D eigenvalue weighted by molar-refractivity contribution is 5.38. The number of hydrogen-bond acceptors (Lipinski definition) is 2. The van der Waals surface area contributed by atoms with Crippen LogP contribution in [0.1, 0.15) is 25.5 Å². The zero-order valence-electron chi connectivity index (χ0n) is 8.66. The molecule has 0 aliphatic heterocycles. The largest absolute Gasteiger partial charge is 0.493 e. The van der Waals surface area contributed by atoms with Crippen LogP contribution in [0.15, 0.2) is 36.4 Å². The van der Waals surface area contributed by atoms with E-state index < -0.39 is 6.10 Å². The number of benzene rings is 1. The van der Waals surface area contributed by atoms with Crippen molar-refractivity contribution in [2.45, 2.75) is 20.0 Å². The van der Waals surface area contributed by atoms with Gasteiger partial charge in [0.05, 0.1) is 6.61 Å². The molecule has 0 aromatic heterocycles. The fourth-order valence-electron chi connectivity index (χ4n) is 1.26. The van der Waals surface area contributed by atoms with Crippen molar-refractivity contribution >= 4 is 0 Å². The summed E-state index contributed by atoms with van der Waals surface area (Å²) in [6.07, 6.45) is -0.641. The standard InChI is InChI=1S/C12H16O2/c1-4-14-11-8-6-5-7-10(11)12(13)9(2)3/h5-8,12-13H,2,4H2,1,3H3. The van der Waals surface area contributed by atoms with Crippen molar-refractivity contribution in [3.05, 3.63) is 42.0 Å². The Kier molecular flexibility index (Phi) is 3.72. The van der Waals surface area contributed by atoms with Crippen molar-refractivity contribution in [3.8, 4) is 5.75 Å². The summed E-state index contributed by atoms with van der Waals surface area (Å²) in [5.41, 5.74) is 1.50. The van der Waals surface area contributed by atoms with E-state index in [0.29, 0.717) is 6.61 Å². The Morgan fingerprint density at radius 2 is 2.14 bits per heavy atom. The zero-order chi connectivity index (χ0) is 10.6. The molecule has 0 heterocycles. The van der Waals surface area contributed by atoms with Crippen LogP contribution in [0.4, 0.5) is 0 Å². The van der Waals surface area contributed by atoms with Gasteiger partial charge in [-0.05, 0) is 25.5 Å². The average Bonchev–Trinajstić information content (AvgIpc) is 2.18. The first kappa shape index (κ1) is 10.8. The summed E-state index contributed by atoms with van der Waals surface area (Å²) in [7, 11) is 0. The molecule has 0 spiro atoms. The molecule has 0 saturated carbocycles. The minimum atomic E-state index is -0.641. The predicted molar refractivity (Wildman–Crippen MR) is 57.4 cm³/mol.